The summed E-state index contributed by atoms with van der Waals surface area (Å²) in [7, 11) is 0. The van der Waals surface area contributed by atoms with E-state index in [1.54, 1.807) is 10.9 Å². The van der Waals surface area contributed by atoms with Gasteiger partial charge in [0.1, 0.15) is 6.54 Å². The van der Waals surface area contributed by atoms with Crippen LogP contribution in [-0.2, 0) is 29.2 Å². The predicted octanol–water partition coefficient (Wildman–Crippen LogP) is -0.315. The Kier molecular flexibility index (Phi) is 6.29. The molecule has 0 radical (unpaired) electrons. The molecule has 2 aromatic rings. The molecule has 10 heteroatoms. The van der Waals surface area contributed by atoms with Crippen LogP contribution in [0.3, 0.4) is 0 Å². The van der Waals surface area contributed by atoms with Crippen molar-refractivity contribution < 1.29 is 9.53 Å². The number of hydrogen-bond donors (Lipinski definition) is 1. The maximum absolute atomic E-state index is 12.1. The van der Waals surface area contributed by atoms with Gasteiger partial charge in [0.25, 0.3) is 0 Å². The van der Waals surface area contributed by atoms with Gasteiger partial charge in [0, 0.05) is 38.6 Å². The van der Waals surface area contributed by atoms with Gasteiger partial charge in [-0.2, -0.15) is 5.10 Å². The first-order valence-electron chi connectivity index (χ1n) is 8.97. The third kappa shape index (κ3) is 5.33. The monoisotopic (exact) mass is 362 g/mol. The molecule has 1 fully saturated rings. The summed E-state index contributed by atoms with van der Waals surface area (Å²) in [6.07, 6.45) is 4.83. The van der Waals surface area contributed by atoms with E-state index in [2.05, 4.69) is 44.7 Å². The van der Waals surface area contributed by atoms with Gasteiger partial charge in [-0.3, -0.25) is 14.4 Å². The summed E-state index contributed by atoms with van der Waals surface area (Å²) in [6.45, 7) is 7.88. The van der Waals surface area contributed by atoms with E-state index in [9.17, 15) is 4.79 Å². The standard InChI is InChI=1S/C16H26N8O2/c1-13-9-22(10-14(2)26-13)11-15-19-20-21-24(15)12-16(25)17-5-3-7-23-8-4-6-18-23/h4,6,8,13-14H,3,5,7,9-12H2,1-2H3,(H,17,25)/t13-,14+. The fourth-order valence-electron chi connectivity index (χ4n) is 3.17. The van der Waals surface area contributed by atoms with Crippen LogP contribution in [0.4, 0.5) is 0 Å². The molecular weight excluding hydrogens is 336 g/mol. The van der Waals surface area contributed by atoms with Gasteiger partial charge in [-0.15, -0.1) is 5.10 Å². The normalized spacial score (nSPS) is 21.0. The van der Waals surface area contributed by atoms with E-state index < -0.39 is 0 Å². The number of tetrazole rings is 1. The molecule has 0 aliphatic carbocycles. The fraction of sp³-hybridized carbons (Fsp3) is 0.688. The Hall–Kier alpha value is -2.33. The van der Waals surface area contributed by atoms with E-state index in [4.69, 9.17) is 4.74 Å². The molecule has 1 aliphatic rings. The largest absolute Gasteiger partial charge is 0.373 e. The molecule has 3 rings (SSSR count). The van der Waals surface area contributed by atoms with Gasteiger partial charge in [-0.25, -0.2) is 4.68 Å². The molecule has 0 unspecified atom stereocenters. The number of morpholine rings is 1. The van der Waals surface area contributed by atoms with Crippen molar-refractivity contribution in [2.45, 2.75) is 52.1 Å². The minimum atomic E-state index is -0.0947. The molecule has 0 spiro atoms. The lowest BCUT2D eigenvalue weighted by Crippen LogP contribution is -2.45. The van der Waals surface area contributed by atoms with Crippen molar-refractivity contribution in [3.63, 3.8) is 0 Å². The van der Waals surface area contributed by atoms with Gasteiger partial charge < -0.3 is 10.1 Å². The van der Waals surface area contributed by atoms with Crippen molar-refractivity contribution in [2.24, 2.45) is 0 Å². The lowest BCUT2D eigenvalue weighted by molar-refractivity contribution is -0.122. The number of ether oxygens (including phenoxy) is 1. The number of hydrogen-bond acceptors (Lipinski definition) is 7. The maximum Gasteiger partial charge on any atom is 0.241 e. The number of amides is 1. The third-order valence-corrected chi connectivity index (χ3v) is 4.21. The molecule has 1 saturated heterocycles. The molecule has 10 nitrogen and oxygen atoms in total. The van der Waals surface area contributed by atoms with Crippen LogP contribution in [0.15, 0.2) is 18.5 Å². The third-order valence-electron chi connectivity index (χ3n) is 4.21. The molecule has 2 aromatic heterocycles. The quantitative estimate of drug-likeness (QED) is 0.642. The van der Waals surface area contributed by atoms with E-state index in [1.165, 1.54) is 0 Å². The Morgan fingerprint density at radius 2 is 2.15 bits per heavy atom. The zero-order valence-corrected chi connectivity index (χ0v) is 15.3. The van der Waals surface area contributed by atoms with Crippen molar-refractivity contribution in [3.05, 3.63) is 24.3 Å². The molecule has 1 aliphatic heterocycles. The van der Waals surface area contributed by atoms with Gasteiger partial charge in [-0.05, 0) is 36.8 Å². The maximum atomic E-state index is 12.1. The van der Waals surface area contributed by atoms with E-state index in [0.29, 0.717) is 18.9 Å². The summed E-state index contributed by atoms with van der Waals surface area (Å²) in [5, 5.41) is 18.8. The summed E-state index contributed by atoms with van der Waals surface area (Å²) in [5.41, 5.74) is 0. The number of nitrogens with one attached hydrogen (secondary N) is 1. The molecular formula is C16H26N8O2. The minimum Gasteiger partial charge on any atom is -0.373 e. The first kappa shape index (κ1) is 18.5. The molecule has 0 aromatic carbocycles. The molecule has 0 saturated carbocycles. The predicted molar refractivity (Wildman–Crippen MR) is 93.0 cm³/mol. The summed E-state index contributed by atoms with van der Waals surface area (Å²) in [5.74, 6) is 0.598. The Bertz CT molecular complexity index is 676. The molecule has 1 N–H and O–H groups in total. The average Bonchev–Trinajstić information content (AvgIpc) is 3.23. The highest BCUT2D eigenvalue weighted by Gasteiger charge is 2.24. The van der Waals surface area contributed by atoms with Gasteiger partial charge in [0.05, 0.1) is 18.8 Å². The summed E-state index contributed by atoms with van der Waals surface area (Å²) in [4.78, 5) is 14.4. The molecule has 26 heavy (non-hydrogen) atoms. The van der Waals surface area contributed by atoms with Gasteiger partial charge in [0.15, 0.2) is 5.82 Å². The van der Waals surface area contributed by atoms with Crippen LogP contribution >= 0.6 is 0 Å². The van der Waals surface area contributed by atoms with Crippen LogP contribution < -0.4 is 5.32 Å². The second-order valence-electron chi connectivity index (χ2n) is 6.68. The van der Waals surface area contributed by atoms with Crippen LogP contribution in [0.25, 0.3) is 0 Å². The number of nitrogens with zero attached hydrogens (tertiary/aromatic N) is 7. The van der Waals surface area contributed by atoms with Crippen LogP contribution in [0.2, 0.25) is 0 Å². The van der Waals surface area contributed by atoms with Crippen molar-refractivity contribution in [1.29, 1.82) is 0 Å². The highest BCUT2D eigenvalue weighted by atomic mass is 16.5. The SMILES string of the molecule is C[C@@H]1CN(Cc2nnnn2CC(=O)NCCCn2cccn2)C[C@H](C)O1. The minimum absolute atomic E-state index is 0.0947. The fourth-order valence-corrected chi connectivity index (χ4v) is 3.17. The van der Waals surface area contributed by atoms with E-state index in [0.717, 1.165) is 26.1 Å². The first-order chi connectivity index (χ1) is 12.6. The average molecular weight is 362 g/mol. The second-order valence-corrected chi connectivity index (χ2v) is 6.68. The Balaban J connectivity index is 1.43. The van der Waals surface area contributed by atoms with Crippen LogP contribution in [-0.4, -0.2) is 72.6 Å². The first-order valence-corrected chi connectivity index (χ1v) is 8.97. The van der Waals surface area contributed by atoms with Crippen LogP contribution in [0.1, 0.15) is 26.1 Å². The van der Waals surface area contributed by atoms with Crippen molar-refractivity contribution in [2.75, 3.05) is 19.6 Å². The summed E-state index contributed by atoms with van der Waals surface area (Å²) < 4.78 is 9.15. The van der Waals surface area contributed by atoms with E-state index in [1.807, 2.05) is 16.9 Å². The molecule has 0 bridgehead atoms. The molecule has 2 atom stereocenters. The number of aryl methyl sites for hydroxylation is 1. The Morgan fingerprint density at radius 1 is 1.35 bits per heavy atom. The van der Waals surface area contributed by atoms with Gasteiger partial charge >= 0.3 is 0 Å². The molecule has 142 valence electrons. The Labute approximate surface area is 152 Å². The van der Waals surface area contributed by atoms with Crippen molar-refractivity contribution >= 4 is 5.91 Å². The zero-order valence-electron chi connectivity index (χ0n) is 15.3. The highest BCUT2D eigenvalue weighted by molar-refractivity contribution is 5.75. The number of aromatic nitrogens is 6. The van der Waals surface area contributed by atoms with Crippen LogP contribution in [0.5, 0.6) is 0 Å². The summed E-state index contributed by atoms with van der Waals surface area (Å²) >= 11 is 0. The van der Waals surface area contributed by atoms with Crippen LogP contribution in [0, 0.1) is 0 Å². The number of carbonyl (C=O) groups excluding carboxylic acids is 1. The Morgan fingerprint density at radius 3 is 2.88 bits per heavy atom. The zero-order chi connectivity index (χ0) is 18.4. The van der Waals surface area contributed by atoms with Crippen molar-refractivity contribution in [1.82, 2.24) is 40.2 Å². The molecule has 1 amide bonds. The smallest absolute Gasteiger partial charge is 0.241 e. The van der Waals surface area contributed by atoms with E-state index in [-0.39, 0.29) is 24.7 Å². The summed E-state index contributed by atoms with van der Waals surface area (Å²) in [6, 6.07) is 1.88. The topological polar surface area (TPSA) is 103 Å². The van der Waals surface area contributed by atoms with Crippen molar-refractivity contribution in [3.8, 4) is 0 Å². The lowest BCUT2D eigenvalue weighted by atomic mass is 10.2. The van der Waals surface area contributed by atoms with Gasteiger partial charge in [-0.1, -0.05) is 0 Å². The lowest BCUT2D eigenvalue weighted by Gasteiger charge is -2.34. The number of rotatable bonds is 8. The molecule has 3 heterocycles. The highest BCUT2D eigenvalue weighted by Crippen LogP contribution is 2.12. The second kappa shape index (κ2) is 8.86. The van der Waals surface area contributed by atoms with Gasteiger partial charge in [0.2, 0.25) is 5.91 Å². The number of carbonyl (C=O) groups is 1. The van der Waals surface area contributed by atoms with E-state index >= 15 is 0 Å².